The summed E-state index contributed by atoms with van der Waals surface area (Å²) in [6.45, 7) is 5.31. The van der Waals surface area contributed by atoms with E-state index in [1.807, 2.05) is 0 Å². The highest BCUT2D eigenvalue weighted by Crippen LogP contribution is 2.62. The van der Waals surface area contributed by atoms with Crippen LogP contribution in [0.1, 0.15) is 49.7 Å². The van der Waals surface area contributed by atoms with Gasteiger partial charge in [0.25, 0.3) is 0 Å². The second-order valence-corrected chi connectivity index (χ2v) is 11.7. The van der Waals surface area contributed by atoms with Crippen molar-refractivity contribution in [2.45, 2.75) is 43.9 Å². The largest absolute Gasteiger partial charge is 0.492 e. The molecule has 0 atom stereocenters. The fraction of sp³-hybridized carbons (Fsp3) is 0.531. The van der Waals surface area contributed by atoms with Crippen molar-refractivity contribution in [1.29, 1.82) is 0 Å². The molecule has 0 aromatic heterocycles. The predicted molar refractivity (Wildman–Crippen MR) is 146 cm³/mol. The number of hydrogen-bond donors (Lipinski definition) is 0. The van der Waals surface area contributed by atoms with Gasteiger partial charge in [0.15, 0.2) is 0 Å². The first-order chi connectivity index (χ1) is 18.1. The van der Waals surface area contributed by atoms with Crippen LogP contribution in [0.15, 0.2) is 48.5 Å². The zero-order chi connectivity index (χ0) is 25.2. The third-order valence-electron chi connectivity index (χ3n) is 9.22. The zero-order valence-corrected chi connectivity index (χ0v) is 22.0. The first-order valence-corrected chi connectivity index (χ1v) is 14.0. The number of morpholine rings is 1. The normalized spacial score (nSPS) is 29.1. The summed E-state index contributed by atoms with van der Waals surface area (Å²) in [6, 6.07) is 15.3. The van der Waals surface area contributed by atoms with Gasteiger partial charge in [-0.05, 0) is 96.6 Å². The van der Waals surface area contributed by atoms with Gasteiger partial charge in [0.2, 0.25) is 0 Å². The molecule has 1 aliphatic heterocycles. The van der Waals surface area contributed by atoms with Gasteiger partial charge in [-0.2, -0.15) is 0 Å². The predicted octanol–water partition coefficient (Wildman–Crippen LogP) is 5.72. The summed E-state index contributed by atoms with van der Waals surface area (Å²) < 4.78 is 16.8. The van der Waals surface area contributed by atoms with Crippen molar-refractivity contribution in [2.24, 2.45) is 17.8 Å². The van der Waals surface area contributed by atoms with Crippen LogP contribution in [0, 0.1) is 17.8 Å². The molecule has 1 saturated heterocycles. The molecule has 4 saturated carbocycles. The van der Waals surface area contributed by atoms with E-state index < -0.39 is 0 Å². The van der Waals surface area contributed by atoms with Gasteiger partial charge in [-0.15, -0.1) is 0 Å². The van der Waals surface area contributed by atoms with Gasteiger partial charge in [0.05, 0.1) is 20.3 Å². The van der Waals surface area contributed by atoms with E-state index in [1.165, 1.54) is 68.4 Å². The Bertz CT molecular complexity index is 1100. The quantitative estimate of drug-likeness (QED) is 0.342. The lowest BCUT2D eigenvalue weighted by molar-refractivity contribution is -0.134. The summed E-state index contributed by atoms with van der Waals surface area (Å²) >= 11 is 0. The number of esters is 1. The smallest absolute Gasteiger partial charge is 0.330 e. The molecule has 0 N–H and O–H groups in total. The Labute approximate surface area is 220 Å². The number of hydrogen-bond acceptors (Lipinski definition) is 5. The molecule has 37 heavy (non-hydrogen) atoms. The summed E-state index contributed by atoms with van der Waals surface area (Å²) in [6.07, 6.45) is 11.5. The number of methoxy groups -OCH3 is 1. The van der Waals surface area contributed by atoms with Crippen molar-refractivity contribution in [3.05, 3.63) is 59.7 Å². The highest BCUT2D eigenvalue weighted by atomic mass is 16.5. The lowest BCUT2D eigenvalue weighted by Crippen LogP contribution is -2.48. The molecule has 5 heteroatoms. The van der Waals surface area contributed by atoms with Gasteiger partial charge >= 0.3 is 5.97 Å². The molecule has 2 aromatic rings. The van der Waals surface area contributed by atoms with Crippen LogP contribution in [0.25, 0.3) is 17.2 Å². The van der Waals surface area contributed by atoms with E-state index in [0.717, 1.165) is 68.5 Å². The number of ether oxygens (including phenoxy) is 3. The highest BCUT2D eigenvalue weighted by molar-refractivity contribution is 5.87. The van der Waals surface area contributed by atoms with E-state index in [4.69, 9.17) is 14.2 Å². The minimum atomic E-state index is -0.339. The third kappa shape index (κ3) is 5.35. The monoisotopic (exact) mass is 501 g/mol. The Kier molecular flexibility index (Phi) is 7.09. The summed E-state index contributed by atoms with van der Waals surface area (Å²) in [7, 11) is 1.40. The molecule has 7 rings (SSSR count). The number of rotatable bonds is 8. The Morgan fingerprint density at radius 2 is 1.62 bits per heavy atom. The van der Waals surface area contributed by atoms with Crippen molar-refractivity contribution in [3.63, 3.8) is 0 Å². The van der Waals surface area contributed by atoms with Crippen LogP contribution in [-0.4, -0.2) is 57.4 Å². The van der Waals surface area contributed by atoms with Crippen LogP contribution in [0.2, 0.25) is 0 Å². The third-order valence-corrected chi connectivity index (χ3v) is 9.22. The Morgan fingerprint density at radius 3 is 2.27 bits per heavy atom. The van der Waals surface area contributed by atoms with Crippen LogP contribution in [0.5, 0.6) is 5.75 Å². The molecule has 4 aliphatic carbocycles. The van der Waals surface area contributed by atoms with Crippen LogP contribution in [0.4, 0.5) is 0 Å². The van der Waals surface area contributed by atoms with E-state index in [1.54, 1.807) is 6.08 Å². The van der Waals surface area contributed by atoms with E-state index >= 15 is 0 Å². The molecule has 0 radical (unpaired) electrons. The molecule has 1 heterocycles. The minimum Gasteiger partial charge on any atom is -0.492 e. The summed E-state index contributed by atoms with van der Waals surface area (Å²) in [5, 5.41) is 0. The molecule has 2 aromatic carbocycles. The summed E-state index contributed by atoms with van der Waals surface area (Å²) in [5.41, 5.74) is 5.14. The van der Waals surface area contributed by atoms with Crippen molar-refractivity contribution >= 4 is 12.0 Å². The number of nitrogens with zero attached hydrogens (tertiary/aromatic N) is 1. The maximum atomic E-state index is 11.4. The first-order valence-electron chi connectivity index (χ1n) is 14.0. The average molecular weight is 502 g/mol. The molecule has 5 aliphatic rings. The van der Waals surface area contributed by atoms with E-state index in [2.05, 4.69) is 47.4 Å². The van der Waals surface area contributed by atoms with Crippen LogP contribution in [-0.2, 0) is 19.7 Å². The Hall–Kier alpha value is -2.63. The van der Waals surface area contributed by atoms with Crippen LogP contribution in [0.3, 0.4) is 0 Å². The first kappa shape index (κ1) is 24.7. The van der Waals surface area contributed by atoms with Crippen LogP contribution >= 0.6 is 0 Å². The molecule has 0 amide bonds. The molecular formula is C32H39NO4. The molecule has 5 nitrogen and oxygen atoms in total. The molecule has 196 valence electrons. The van der Waals surface area contributed by atoms with Gasteiger partial charge in [-0.25, -0.2) is 4.79 Å². The topological polar surface area (TPSA) is 48.0 Å². The van der Waals surface area contributed by atoms with E-state index in [-0.39, 0.29) is 11.4 Å². The SMILES string of the molecule is COC(=O)C=Cc1ccc(-c2ccc(OCCN3CCOCC3)c(C34CC5CC(CC(C5)C3)C4)c2)cc1. The van der Waals surface area contributed by atoms with E-state index in [9.17, 15) is 4.79 Å². The Balaban J connectivity index is 1.27. The van der Waals surface area contributed by atoms with Crippen LogP contribution < -0.4 is 4.74 Å². The van der Waals surface area contributed by atoms with Gasteiger partial charge in [-0.3, -0.25) is 4.90 Å². The summed E-state index contributed by atoms with van der Waals surface area (Å²) in [5.74, 6) is 3.41. The highest BCUT2D eigenvalue weighted by Gasteiger charge is 2.52. The fourth-order valence-electron chi connectivity index (χ4n) is 7.82. The van der Waals surface area contributed by atoms with Gasteiger partial charge in [0.1, 0.15) is 12.4 Å². The fourth-order valence-corrected chi connectivity index (χ4v) is 7.82. The summed E-state index contributed by atoms with van der Waals surface area (Å²) in [4.78, 5) is 13.9. The number of benzene rings is 2. The van der Waals surface area contributed by atoms with Crippen molar-refractivity contribution in [1.82, 2.24) is 4.90 Å². The van der Waals surface area contributed by atoms with Gasteiger partial charge in [-0.1, -0.05) is 30.3 Å². The minimum absolute atomic E-state index is 0.266. The van der Waals surface area contributed by atoms with Gasteiger partial charge < -0.3 is 14.2 Å². The van der Waals surface area contributed by atoms with Crippen molar-refractivity contribution in [2.75, 3.05) is 46.6 Å². The second-order valence-electron chi connectivity index (χ2n) is 11.7. The van der Waals surface area contributed by atoms with Crippen molar-refractivity contribution < 1.29 is 19.0 Å². The molecule has 0 spiro atoms. The zero-order valence-electron chi connectivity index (χ0n) is 22.0. The molecule has 5 fully saturated rings. The molecule has 4 bridgehead atoms. The maximum absolute atomic E-state index is 11.4. The van der Waals surface area contributed by atoms with E-state index in [0.29, 0.717) is 0 Å². The Morgan fingerprint density at radius 1 is 0.973 bits per heavy atom. The second kappa shape index (κ2) is 10.6. The average Bonchev–Trinajstić information content (AvgIpc) is 2.92. The lowest BCUT2D eigenvalue weighted by Gasteiger charge is -2.57. The lowest BCUT2D eigenvalue weighted by atomic mass is 9.48. The number of carbonyl (C=O) groups is 1. The van der Waals surface area contributed by atoms with Crippen molar-refractivity contribution in [3.8, 4) is 16.9 Å². The molecule has 0 unspecified atom stereocenters. The molecular weight excluding hydrogens is 462 g/mol. The standard InChI is InChI=1S/C32H39NO4/c1-35-31(34)9-4-23-2-5-27(6-3-23)28-7-8-30(37-15-12-33-10-13-36-14-11-33)29(19-28)32-20-24-16-25(21-32)18-26(17-24)22-32/h2-9,19,24-26H,10-18,20-22H2,1H3. The maximum Gasteiger partial charge on any atom is 0.330 e. The number of carbonyl (C=O) groups excluding carboxylic acids is 1. The van der Waals surface area contributed by atoms with Gasteiger partial charge in [0, 0.05) is 31.3 Å².